The third-order valence-electron chi connectivity index (χ3n) is 3.99. The van der Waals surface area contributed by atoms with E-state index in [0.29, 0.717) is 29.0 Å². The van der Waals surface area contributed by atoms with Crippen LogP contribution in [0.4, 0.5) is 5.69 Å². The molecule has 3 rings (SSSR count). The van der Waals surface area contributed by atoms with Crippen LogP contribution in [-0.2, 0) is 14.3 Å². The van der Waals surface area contributed by atoms with Gasteiger partial charge in [-0.05, 0) is 119 Å². The molecule has 0 aromatic heterocycles. The Morgan fingerprint density at radius 1 is 1.09 bits per heavy atom. The zero-order valence-corrected chi connectivity index (χ0v) is 22.4. The molecule has 1 aliphatic rings. The third-order valence-corrected chi connectivity index (χ3v) is 6.50. The van der Waals surface area contributed by atoms with Crippen molar-refractivity contribution in [2.24, 2.45) is 4.99 Å². The second-order valence-electron chi connectivity index (χ2n) is 6.32. The lowest BCUT2D eigenvalue weighted by Gasteiger charge is -2.11. The number of halogens is 2. The number of thioether (sulfide) groups is 1. The Hall–Kier alpha value is -1.80. The lowest BCUT2D eigenvalue weighted by atomic mass is 10.2. The van der Waals surface area contributed by atoms with Crippen LogP contribution in [0, 0.1) is 7.14 Å². The minimum Gasteiger partial charge on any atom is -0.494 e. The molecule has 32 heavy (non-hydrogen) atoms. The summed E-state index contributed by atoms with van der Waals surface area (Å²) in [5.74, 6) is 0.776. The molecule has 168 valence electrons. The average Bonchev–Trinajstić information content (AvgIpc) is 3.08. The Morgan fingerprint density at radius 2 is 1.78 bits per heavy atom. The van der Waals surface area contributed by atoms with Gasteiger partial charge in [-0.25, -0.2) is 9.79 Å². The van der Waals surface area contributed by atoms with Crippen molar-refractivity contribution in [2.75, 3.05) is 19.8 Å². The van der Waals surface area contributed by atoms with Crippen LogP contribution in [-0.4, -0.2) is 36.9 Å². The van der Waals surface area contributed by atoms with Gasteiger partial charge in [-0.15, -0.1) is 0 Å². The predicted octanol–water partition coefficient (Wildman–Crippen LogP) is 5.13. The highest BCUT2D eigenvalue weighted by molar-refractivity contribution is 14.1. The minimum atomic E-state index is -0.413. The fourth-order valence-corrected chi connectivity index (χ4v) is 5.64. The topological polar surface area (TPSA) is 86.2 Å². The van der Waals surface area contributed by atoms with Crippen LogP contribution < -0.4 is 14.8 Å². The maximum absolute atomic E-state index is 12.4. The first-order chi connectivity index (χ1) is 15.4. The maximum Gasteiger partial charge on any atom is 0.344 e. The average molecular weight is 678 g/mol. The van der Waals surface area contributed by atoms with Crippen LogP contribution in [0.5, 0.6) is 11.5 Å². The van der Waals surface area contributed by atoms with Gasteiger partial charge in [0.15, 0.2) is 11.8 Å². The van der Waals surface area contributed by atoms with Gasteiger partial charge >= 0.3 is 5.97 Å². The van der Waals surface area contributed by atoms with E-state index in [0.717, 1.165) is 24.1 Å². The molecule has 1 fully saturated rings. The van der Waals surface area contributed by atoms with Crippen LogP contribution in [0.25, 0.3) is 6.08 Å². The second kappa shape index (κ2) is 11.9. The first-order valence-electron chi connectivity index (χ1n) is 9.69. The molecule has 0 radical (unpaired) electrons. The van der Waals surface area contributed by atoms with Crippen molar-refractivity contribution < 1.29 is 23.8 Å². The number of hydrogen-bond acceptors (Lipinski definition) is 7. The van der Waals surface area contributed by atoms with E-state index < -0.39 is 5.97 Å². The summed E-state index contributed by atoms with van der Waals surface area (Å²) in [6, 6.07) is 11.2. The van der Waals surface area contributed by atoms with E-state index in [1.54, 1.807) is 13.0 Å². The first-order valence-corrected chi connectivity index (χ1v) is 12.7. The number of rotatable bonds is 8. The van der Waals surface area contributed by atoms with Crippen molar-refractivity contribution in [1.29, 1.82) is 0 Å². The molecule has 1 N–H and O–H groups in total. The van der Waals surface area contributed by atoms with Crippen molar-refractivity contribution in [2.45, 2.75) is 13.8 Å². The molecule has 1 saturated heterocycles. The Bertz CT molecular complexity index is 1050. The van der Waals surface area contributed by atoms with E-state index in [-0.39, 0.29) is 12.5 Å². The normalized spacial score (nSPS) is 15.7. The molecule has 1 aliphatic heterocycles. The number of amidine groups is 1. The van der Waals surface area contributed by atoms with E-state index in [1.165, 1.54) is 11.8 Å². The summed E-state index contributed by atoms with van der Waals surface area (Å²) >= 11 is 5.57. The Balaban J connectivity index is 1.72. The molecule has 0 saturated carbocycles. The molecular weight excluding hydrogens is 658 g/mol. The summed E-state index contributed by atoms with van der Waals surface area (Å²) in [7, 11) is 0. The summed E-state index contributed by atoms with van der Waals surface area (Å²) in [5.41, 5.74) is 1.58. The monoisotopic (exact) mass is 678 g/mol. The summed E-state index contributed by atoms with van der Waals surface area (Å²) in [4.78, 5) is 29.0. The van der Waals surface area contributed by atoms with Gasteiger partial charge in [0.2, 0.25) is 0 Å². The molecule has 2 aromatic carbocycles. The summed E-state index contributed by atoms with van der Waals surface area (Å²) < 4.78 is 17.6. The summed E-state index contributed by atoms with van der Waals surface area (Å²) in [6.07, 6.45) is 1.81. The zero-order valence-electron chi connectivity index (χ0n) is 17.3. The molecule has 7 nitrogen and oxygen atoms in total. The van der Waals surface area contributed by atoms with Crippen molar-refractivity contribution in [1.82, 2.24) is 5.32 Å². The van der Waals surface area contributed by atoms with E-state index in [4.69, 9.17) is 14.2 Å². The minimum absolute atomic E-state index is 0.149. The molecule has 0 atom stereocenters. The van der Waals surface area contributed by atoms with Crippen LogP contribution in [0.15, 0.2) is 46.3 Å². The SMILES string of the molecule is CCOC(=O)COc1c(I)cc(/C=C2/SC(=Nc3ccc(OCC)cc3)NC2=O)cc1I. The zero-order chi connectivity index (χ0) is 23.1. The second-order valence-corrected chi connectivity index (χ2v) is 9.67. The van der Waals surface area contributed by atoms with Gasteiger partial charge < -0.3 is 19.5 Å². The molecular formula is C22H20I2N2O5S. The standard InChI is InChI=1S/C22H20I2N2O5S/c1-3-29-15-7-5-14(6-8-15)25-22-26-21(28)18(32-22)11-13-9-16(23)20(17(24)10-13)31-12-19(27)30-4-2/h5-11H,3-4,12H2,1-2H3,(H,25,26,28)/b18-11+. The largest absolute Gasteiger partial charge is 0.494 e. The number of amides is 1. The van der Waals surface area contributed by atoms with Crippen LogP contribution in [0.3, 0.4) is 0 Å². The highest BCUT2D eigenvalue weighted by atomic mass is 127. The first kappa shape index (κ1) is 24.8. The van der Waals surface area contributed by atoms with Crippen LogP contribution >= 0.6 is 56.9 Å². The Kier molecular flexibility index (Phi) is 9.22. The smallest absolute Gasteiger partial charge is 0.344 e. The van der Waals surface area contributed by atoms with E-state index >= 15 is 0 Å². The molecule has 1 heterocycles. The third kappa shape index (κ3) is 6.85. The van der Waals surface area contributed by atoms with Crippen molar-refractivity contribution in [3.8, 4) is 11.5 Å². The Morgan fingerprint density at radius 3 is 2.41 bits per heavy atom. The fraction of sp³-hybridized carbons (Fsp3) is 0.227. The van der Waals surface area contributed by atoms with Crippen LogP contribution in [0.2, 0.25) is 0 Å². The summed E-state index contributed by atoms with van der Waals surface area (Å²) in [6.45, 7) is 4.44. The highest BCUT2D eigenvalue weighted by Gasteiger charge is 2.24. The molecule has 0 bridgehead atoms. The van der Waals surface area contributed by atoms with Gasteiger partial charge in [0.25, 0.3) is 5.91 Å². The van der Waals surface area contributed by atoms with E-state index in [1.807, 2.05) is 43.3 Å². The van der Waals surface area contributed by atoms with Gasteiger partial charge in [0.1, 0.15) is 11.5 Å². The molecule has 0 aliphatic carbocycles. The number of nitrogens with one attached hydrogen (secondary N) is 1. The van der Waals surface area contributed by atoms with Gasteiger partial charge in [-0.3, -0.25) is 4.79 Å². The molecule has 0 spiro atoms. The lowest BCUT2D eigenvalue weighted by molar-refractivity contribution is -0.145. The number of hydrogen-bond donors (Lipinski definition) is 1. The van der Waals surface area contributed by atoms with Gasteiger partial charge in [0, 0.05) is 0 Å². The summed E-state index contributed by atoms with van der Waals surface area (Å²) in [5, 5.41) is 3.31. The number of aliphatic imine (C=N–C) groups is 1. The van der Waals surface area contributed by atoms with Crippen LogP contribution in [0.1, 0.15) is 19.4 Å². The van der Waals surface area contributed by atoms with Gasteiger partial charge in [0.05, 0.1) is 30.9 Å². The molecule has 2 aromatic rings. The quantitative estimate of drug-likeness (QED) is 0.237. The van der Waals surface area contributed by atoms with Crippen molar-refractivity contribution >= 4 is 85.8 Å². The number of benzene rings is 2. The fourth-order valence-electron chi connectivity index (χ4n) is 2.67. The number of esters is 1. The maximum atomic E-state index is 12.4. The van der Waals surface area contributed by atoms with Crippen molar-refractivity contribution in [3.63, 3.8) is 0 Å². The number of carbonyl (C=O) groups excluding carboxylic acids is 2. The van der Waals surface area contributed by atoms with Gasteiger partial charge in [-0.1, -0.05) is 0 Å². The lowest BCUT2D eigenvalue weighted by Crippen LogP contribution is -2.19. The van der Waals surface area contributed by atoms with Gasteiger partial charge in [-0.2, -0.15) is 0 Å². The van der Waals surface area contributed by atoms with E-state index in [9.17, 15) is 9.59 Å². The van der Waals surface area contributed by atoms with Crippen molar-refractivity contribution in [3.05, 3.63) is 54.0 Å². The Labute approximate surface area is 217 Å². The highest BCUT2D eigenvalue weighted by Crippen LogP contribution is 2.33. The molecule has 10 heteroatoms. The molecule has 0 unspecified atom stereocenters. The molecule has 1 amide bonds. The predicted molar refractivity (Wildman–Crippen MR) is 142 cm³/mol. The number of ether oxygens (including phenoxy) is 3. The number of nitrogens with zero attached hydrogens (tertiary/aromatic N) is 1. The van der Waals surface area contributed by atoms with E-state index in [2.05, 4.69) is 55.5 Å². The number of carbonyl (C=O) groups is 2.